The van der Waals surface area contributed by atoms with Crippen LogP contribution in [0.2, 0.25) is 0 Å². The second-order valence-electron chi connectivity index (χ2n) is 5.69. The number of aryl methyl sites for hydroxylation is 2. The lowest BCUT2D eigenvalue weighted by atomic mass is 10.1. The van der Waals surface area contributed by atoms with Crippen LogP contribution in [-0.4, -0.2) is 27.3 Å². The van der Waals surface area contributed by atoms with Gasteiger partial charge in [-0.25, -0.2) is 0 Å². The number of pyridine rings is 1. The molecule has 1 N–H and O–H groups in total. The van der Waals surface area contributed by atoms with E-state index in [0.29, 0.717) is 6.42 Å². The number of hydrogen-bond acceptors (Lipinski definition) is 4. The van der Waals surface area contributed by atoms with E-state index < -0.39 is 0 Å². The van der Waals surface area contributed by atoms with Crippen molar-refractivity contribution in [1.82, 2.24) is 14.9 Å². The molecule has 0 unspecified atom stereocenters. The van der Waals surface area contributed by atoms with E-state index in [0.717, 1.165) is 45.3 Å². The van der Waals surface area contributed by atoms with Crippen molar-refractivity contribution in [3.63, 3.8) is 0 Å². The Balaban J connectivity index is 1.79. The van der Waals surface area contributed by atoms with Crippen LogP contribution in [0.4, 0.5) is 0 Å². The number of hydrogen-bond donors (Lipinski definition) is 1. The first kappa shape index (κ1) is 15.4. The lowest BCUT2D eigenvalue weighted by Crippen LogP contribution is -2.32. The van der Waals surface area contributed by atoms with Gasteiger partial charge in [-0.15, -0.1) is 11.3 Å². The number of nitrogens with one attached hydrogen (secondary N) is 1. The Morgan fingerprint density at radius 3 is 3.00 bits per heavy atom. The summed E-state index contributed by atoms with van der Waals surface area (Å²) >= 11 is 6.65. The fourth-order valence-corrected chi connectivity index (χ4v) is 4.25. The van der Waals surface area contributed by atoms with Crippen molar-refractivity contribution in [3.8, 4) is 0 Å². The van der Waals surface area contributed by atoms with Gasteiger partial charge in [0.1, 0.15) is 0 Å². The molecule has 2 aromatic rings. The largest absolute Gasteiger partial charge is 0.341 e. The fourth-order valence-electron chi connectivity index (χ4n) is 2.97. The van der Waals surface area contributed by atoms with Crippen LogP contribution in [0.1, 0.15) is 40.8 Å². The maximum absolute atomic E-state index is 12.7. The normalized spacial score (nSPS) is 17.9. The zero-order valence-corrected chi connectivity index (χ0v) is 14.4. The highest BCUT2D eigenvalue weighted by atomic mass is 32.1. The minimum absolute atomic E-state index is 0.111. The molecule has 0 spiro atoms. The molecule has 1 saturated heterocycles. The number of likely N-dealkylation sites (tertiary alicyclic amines) is 1. The third-order valence-electron chi connectivity index (χ3n) is 4.06. The summed E-state index contributed by atoms with van der Waals surface area (Å²) in [6, 6.07) is 6.13. The van der Waals surface area contributed by atoms with Gasteiger partial charge in [0.2, 0.25) is 5.91 Å². The predicted octanol–water partition coefficient (Wildman–Crippen LogP) is 3.72. The molecule has 3 heterocycles. The third kappa shape index (κ3) is 3.13. The summed E-state index contributed by atoms with van der Waals surface area (Å²) in [7, 11) is 0. The predicted molar refractivity (Wildman–Crippen MR) is 90.6 cm³/mol. The van der Waals surface area contributed by atoms with E-state index in [1.807, 2.05) is 36.9 Å². The van der Waals surface area contributed by atoms with Crippen LogP contribution in [0.15, 0.2) is 18.2 Å². The van der Waals surface area contributed by atoms with Crippen molar-refractivity contribution in [3.05, 3.63) is 44.1 Å². The maximum atomic E-state index is 12.7. The molecular formula is C16H19N3OS2. The van der Waals surface area contributed by atoms with Gasteiger partial charge in [0, 0.05) is 22.8 Å². The molecule has 2 aromatic heterocycles. The summed E-state index contributed by atoms with van der Waals surface area (Å²) in [4.78, 5) is 23.4. The van der Waals surface area contributed by atoms with E-state index in [2.05, 4.69) is 9.97 Å². The van der Waals surface area contributed by atoms with Crippen LogP contribution >= 0.6 is 23.6 Å². The maximum Gasteiger partial charge on any atom is 0.228 e. The number of H-pyrrole nitrogens is 1. The van der Waals surface area contributed by atoms with Crippen LogP contribution in [0.5, 0.6) is 0 Å². The van der Waals surface area contributed by atoms with Crippen LogP contribution in [0.25, 0.3) is 0 Å². The summed E-state index contributed by atoms with van der Waals surface area (Å²) in [6.07, 6.45) is 2.45. The van der Waals surface area contributed by atoms with Gasteiger partial charge in [0.25, 0.3) is 0 Å². The number of carbonyl (C=O) groups excluding carboxylic acids is 1. The van der Waals surface area contributed by atoms with Crippen molar-refractivity contribution in [2.24, 2.45) is 0 Å². The highest BCUT2D eigenvalue weighted by Gasteiger charge is 2.31. The quantitative estimate of drug-likeness (QED) is 0.871. The number of thiazole rings is 1. The van der Waals surface area contributed by atoms with Crippen molar-refractivity contribution in [2.45, 2.75) is 39.2 Å². The highest BCUT2D eigenvalue weighted by Crippen LogP contribution is 2.31. The van der Waals surface area contributed by atoms with Gasteiger partial charge in [-0.2, -0.15) is 0 Å². The minimum Gasteiger partial charge on any atom is -0.341 e. The molecule has 0 radical (unpaired) electrons. The van der Waals surface area contributed by atoms with Gasteiger partial charge in [0.15, 0.2) is 3.95 Å². The number of amides is 1. The average Bonchev–Trinajstić information content (AvgIpc) is 3.06. The van der Waals surface area contributed by atoms with Crippen molar-refractivity contribution in [2.75, 3.05) is 6.54 Å². The molecule has 22 heavy (non-hydrogen) atoms. The smallest absolute Gasteiger partial charge is 0.228 e. The Hall–Kier alpha value is -1.53. The van der Waals surface area contributed by atoms with Gasteiger partial charge in [-0.1, -0.05) is 6.07 Å². The Morgan fingerprint density at radius 1 is 1.50 bits per heavy atom. The van der Waals surface area contributed by atoms with Gasteiger partial charge < -0.3 is 9.88 Å². The van der Waals surface area contributed by atoms with Crippen molar-refractivity contribution < 1.29 is 4.79 Å². The molecule has 6 heteroatoms. The topological polar surface area (TPSA) is 49.0 Å². The molecular weight excluding hydrogens is 314 g/mol. The van der Waals surface area contributed by atoms with Crippen molar-refractivity contribution in [1.29, 1.82) is 0 Å². The summed E-state index contributed by atoms with van der Waals surface area (Å²) in [5.41, 5.74) is 3.01. The summed E-state index contributed by atoms with van der Waals surface area (Å²) in [6.45, 7) is 4.77. The number of nitrogens with zero attached hydrogens (tertiary/aromatic N) is 2. The lowest BCUT2D eigenvalue weighted by Gasteiger charge is -2.24. The summed E-state index contributed by atoms with van der Waals surface area (Å²) in [5.74, 6) is 0.166. The first-order chi connectivity index (χ1) is 10.5. The molecule has 1 fully saturated rings. The SMILES string of the molecule is Cc1cccc([C@H]2CCCN2C(=O)Cc2sc(=S)[nH]c2C)n1. The molecule has 1 aliphatic rings. The first-order valence-electron chi connectivity index (χ1n) is 7.46. The number of rotatable bonds is 3. The summed E-state index contributed by atoms with van der Waals surface area (Å²) in [5, 5.41) is 0. The number of carbonyl (C=O) groups is 1. The molecule has 0 bridgehead atoms. The Labute approximate surface area is 139 Å². The second kappa shape index (κ2) is 6.30. The lowest BCUT2D eigenvalue weighted by molar-refractivity contribution is -0.131. The van der Waals surface area contributed by atoms with Gasteiger partial charge >= 0.3 is 0 Å². The minimum atomic E-state index is 0.111. The molecule has 1 atom stereocenters. The van der Waals surface area contributed by atoms with E-state index in [-0.39, 0.29) is 11.9 Å². The van der Waals surface area contributed by atoms with Gasteiger partial charge in [0.05, 0.1) is 18.2 Å². The third-order valence-corrected chi connectivity index (χ3v) is 5.40. The second-order valence-corrected chi connectivity index (χ2v) is 7.46. The van der Waals surface area contributed by atoms with E-state index in [1.165, 1.54) is 11.3 Å². The molecule has 1 amide bonds. The van der Waals surface area contributed by atoms with E-state index in [1.54, 1.807) is 0 Å². The molecule has 1 aliphatic heterocycles. The molecule has 0 aromatic carbocycles. The van der Waals surface area contributed by atoms with E-state index >= 15 is 0 Å². The van der Waals surface area contributed by atoms with Gasteiger partial charge in [-0.3, -0.25) is 9.78 Å². The monoisotopic (exact) mass is 333 g/mol. The number of aromatic amines is 1. The fraction of sp³-hybridized carbons (Fsp3) is 0.438. The van der Waals surface area contributed by atoms with Gasteiger partial charge in [-0.05, 0) is 51.0 Å². The molecule has 0 aliphatic carbocycles. The average molecular weight is 333 g/mol. The number of aromatic nitrogens is 2. The van der Waals surface area contributed by atoms with Crippen LogP contribution in [0.3, 0.4) is 0 Å². The van der Waals surface area contributed by atoms with E-state index in [4.69, 9.17) is 12.2 Å². The van der Waals surface area contributed by atoms with Crippen LogP contribution in [-0.2, 0) is 11.2 Å². The first-order valence-corrected chi connectivity index (χ1v) is 8.68. The Bertz CT molecular complexity index is 750. The standard InChI is InChI=1S/C16H19N3OS2/c1-10-5-3-6-12(17-10)13-7-4-8-19(13)15(20)9-14-11(2)18-16(21)22-14/h3,5-6,13H,4,7-9H2,1-2H3,(H,18,21)/t13-/m1/s1. The molecule has 4 nitrogen and oxygen atoms in total. The zero-order valence-electron chi connectivity index (χ0n) is 12.8. The van der Waals surface area contributed by atoms with Crippen molar-refractivity contribution >= 4 is 29.5 Å². The van der Waals surface area contributed by atoms with Crippen LogP contribution < -0.4 is 0 Å². The Kier molecular flexibility index (Phi) is 4.40. The molecule has 0 saturated carbocycles. The highest BCUT2D eigenvalue weighted by molar-refractivity contribution is 7.73. The zero-order chi connectivity index (χ0) is 15.7. The van der Waals surface area contributed by atoms with E-state index in [9.17, 15) is 4.79 Å². The summed E-state index contributed by atoms with van der Waals surface area (Å²) < 4.78 is 0.735. The molecule has 116 valence electrons. The Morgan fingerprint density at radius 2 is 2.32 bits per heavy atom. The van der Waals surface area contributed by atoms with Crippen LogP contribution in [0, 0.1) is 17.8 Å². The molecule has 3 rings (SSSR count).